The number of halogens is 3. The molecule has 6 heteroatoms. The van der Waals surface area contributed by atoms with Crippen molar-refractivity contribution in [2.75, 3.05) is 6.54 Å². The minimum Gasteiger partial charge on any atom is -0.305 e. The summed E-state index contributed by atoms with van der Waals surface area (Å²) in [6.45, 7) is 5.61. The van der Waals surface area contributed by atoms with Crippen LogP contribution < -0.4 is 5.32 Å². The molecule has 1 N–H and O–H groups in total. The molecule has 108 valence electrons. The van der Waals surface area contributed by atoms with Crippen molar-refractivity contribution in [3.63, 3.8) is 0 Å². The maximum Gasteiger partial charge on any atom is 0.124 e. The second-order valence-corrected chi connectivity index (χ2v) is 6.16. The first-order chi connectivity index (χ1) is 9.56. The van der Waals surface area contributed by atoms with Crippen LogP contribution in [0.1, 0.15) is 31.1 Å². The van der Waals surface area contributed by atoms with Crippen molar-refractivity contribution in [1.29, 1.82) is 0 Å². The van der Waals surface area contributed by atoms with Gasteiger partial charge in [-0.1, -0.05) is 22.9 Å². The molecule has 2 rings (SSSR count). The Morgan fingerprint density at radius 3 is 2.65 bits per heavy atom. The third-order valence-electron chi connectivity index (χ3n) is 3.03. The fourth-order valence-corrected chi connectivity index (χ4v) is 3.24. The molecule has 0 saturated carbocycles. The van der Waals surface area contributed by atoms with Gasteiger partial charge in [-0.3, -0.25) is 4.68 Å². The summed E-state index contributed by atoms with van der Waals surface area (Å²) >= 11 is 6.88. The summed E-state index contributed by atoms with van der Waals surface area (Å²) in [5.74, 6) is -0.254. The quantitative estimate of drug-likeness (QED) is 0.806. The van der Waals surface area contributed by atoms with E-state index in [1.165, 1.54) is 6.07 Å². The molecule has 1 aromatic carbocycles. The second-order valence-electron chi connectivity index (χ2n) is 4.39. The maximum atomic E-state index is 13.7. The van der Waals surface area contributed by atoms with Crippen LogP contribution in [-0.4, -0.2) is 16.3 Å². The molecule has 0 amide bonds. The molecular formula is C14H16Br2FN3. The molecule has 0 spiro atoms. The summed E-state index contributed by atoms with van der Waals surface area (Å²) in [6.07, 6.45) is 1.78. The molecule has 0 saturated heterocycles. The van der Waals surface area contributed by atoms with Crippen LogP contribution in [0.25, 0.3) is 0 Å². The first-order valence-electron chi connectivity index (χ1n) is 6.47. The third kappa shape index (κ3) is 3.30. The summed E-state index contributed by atoms with van der Waals surface area (Å²) in [5.41, 5.74) is 1.88. The number of hydrogen-bond acceptors (Lipinski definition) is 2. The van der Waals surface area contributed by atoms with Gasteiger partial charge in [0.2, 0.25) is 0 Å². The Bertz CT molecular complexity index is 578. The highest BCUT2D eigenvalue weighted by Crippen LogP contribution is 2.30. The molecule has 20 heavy (non-hydrogen) atoms. The van der Waals surface area contributed by atoms with E-state index in [0.29, 0.717) is 0 Å². The molecule has 2 aromatic rings. The topological polar surface area (TPSA) is 29.9 Å². The van der Waals surface area contributed by atoms with Crippen LogP contribution in [0.3, 0.4) is 0 Å². The Morgan fingerprint density at radius 1 is 1.30 bits per heavy atom. The molecule has 0 aliphatic rings. The zero-order chi connectivity index (χ0) is 14.7. The fourth-order valence-electron chi connectivity index (χ4n) is 2.23. The normalized spacial score (nSPS) is 12.7. The van der Waals surface area contributed by atoms with Gasteiger partial charge in [-0.05, 0) is 53.2 Å². The van der Waals surface area contributed by atoms with E-state index in [1.807, 2.05) is 24.6 Å². The van der Waals surface area contributed by atoms with Crippen LogP contribution in [0.15, 0.2) is 33.3 Å². The molecule has 3 nitrogen and oxygen atoms in total. The van der Waals surface area contributed by atoms with Gasteiger partial charge in [0.15, 0.2) is 0 Å². The number of aromatic nitrogens is 2. The second kappa shape index (κ2) is 6.83. The highest BCUT2D eigenvalue weighted by Gasteiger charge is 2.21. The minimum atomic E-state index is -0.254. The predicted octanol–water partition coefficient (Wildman–Crippen LogP) is 4.27. The molecule has 0 aliphatic heterocycles. The van der Waals surface area contributed by atoms with Crippen LogP contribution in [0, 0.1) is 5.82 Å². The summed E-state index contributed by atoms with van der Waals surface area (Å²) in [5, 5.41) is 7.73. The van der Waals surface area contributed by atoms with Crippen molar-refractivity contribution in [2.24, 2.45) is 0 Å². The van der Waals surface area contributed by atoms with Crippen molar-refractivity contribution in [3.8, 4) is 0 Å². The predicted molar refractivity (Wildman–Crippen MR) is 85.2 cm³/mol. The lowest BCUT2D eigenvalue weighted by atomic mass is 10.0. The van der Waals surface area contributed by atoms with E-state index < -0.39 is 0 Å². The Hall–Kier alpha value is -0.720. The summed E-state index contributed by atoms with van der Waals surface area (Å²) < 4.78 is 17.2. The van der Waals surface area contributed by atoms with Gasteiger partial charge < -0.3 is 5.32 Å². The third-order valence-corrected chi connectivity index (χ3v) is 4.10. The molecule has 1 unspecified atom stereocenters. The summed E-state index contributed by atoms with van der Waals surface area (Å²) in [4.78, 5) is 0. The Morgan fingerprint density at radius 2 is 2.05 bits per heavy atom. The molecular weight excluding hydrogens is 389 g/mol. The van der Waals surface area contributed by atoms with Gasteiger partial charge >= 0.3 is 0 Å². The van der Waals surface area contributed by atoms with Gasteiger partial charge in [-0.15, -0.1) is 0 Å². The van der Waals surface area contributed by atoms with Crippen LogP contribution in [0.2, 0.25) is 0 Å². The van der Waals surface area contributed by atoms with Crippen LogP contribution >= 0.6 is 31.9 Å². The number of nitrogens with zero attached hydrogens (tertiary/aromatic N) is 2. The van der Waals surface area contributed by atoms with Crippen molar-refractivity contribution >= 4 is 31.9 Å². The van der Waals surface area contributed by atoms with Gasteiger partial charge in [-0.2, -0.15) is 5.10 Å². The molecule has 0 fully saturated rings. The lowest BCUT2D eigenvalue weighted by Gasteiger charge is -2.20. The van der Waals surface area contributed by atoms with Crippen LogP contribution in [0.4, 0.5) is 4.39 Å². The highest BCUT2D eigenvalue weighted by atomic mass is 79.9. The average Bonchev–Trinajstić information content (AvgIpc) is 2.76. The van der Waals surface area contributed by atoms with Crippen molar-refractivity contribution in [2.45, 2.75) is 26.4 Å². The molecule has 1 heterocycles. The van der Waals surface area contributed by atoms with E-state index in [0.717, 1.165) is 33.3 Å². The summed E-state index contributed by atoms with van der Waals surface area (Å²) in [6, 6.07) is 4.83. The average molecular weight is 405 g/mol. The highest BCUT2D eigenvalue weighted by molar-refractivity contribution is 9.10. The van der Waals surface area contributed by atoms with Crippen molar-refractivity contribution in [1.82, 2.24) is 15.1 Å². The van der Waals surface area contributed by atoms with Crippen LogP contribution in [-0.2, 0) is 6.54 Å². The van der Waals surface area contributed by atoms with E-state index in [1.54, 1.807) is 12.3 Å². The number of hydrogen-bond donors (Lipinski definition) is 1. The van der Waals surface area contributed by atoms with Crippen LogP contribution in [0.5, 0.6) is 0 Å². The van der Waals surface area contributed by atoms with E-state index >= 15 is 0 Å². The Kier molecular flexibility index (Phi) is 5.35. The van der Waals surface area contributed by atoms with Gasteiger partial charge in [-0.25, -0.2) is 4.39 Å². The Labute approximate surface area is 134 Å². The van der Waals surface area contributed by atoms with E-state index in [2.05, 4.69) is 42.3 Å². The molecule has 0 radical (unpaired) electrons. The number of rotatable bonds is 5. The zero-order valence-electron chi connectivity index (χ0n) is 11.3. The molecule has 0 bridgehead atoms. The molecule has 1 atom stereocenters. The monoisotopic (exact) mass is 403 g/mol. The zero-order valence-corrected chi connectivity index (χ0v) is 14.5. The molecule has 1 aromatic heterocycles. The van der Waals surface area contributed by atoms with Gasteiger partial charge in [0.25, 0.3) is 0 Å². The van der Waals surface area contributed by atoms with Gasteiger partial charge in [0, 0.05) is 11.0 Å². The van der Waals surface area contributed by atoms with E-state index in [4.69, 9.17) is 0 Å². The van der Waals surface area contributed by atoms with Gasteiger partial charge in [0.05, 0.1) is 22.4 Å². The standard InChI is InChI=1S/C14H16Br2FN3/c1-3-18-13(9-5-10(15)7-11(17)6-9)14-12(16)8-19-20(14)4-2/h5-8,13,18H,3-4H2,1-2H3. The number of nitrogens with one attached hydrogen (secondary N) is 1. The lowest BCUT2D eigenvalue weighted by molar-refractivity contribution is 0.536. The fraction of sp³-hybridized carbons (Fsp3) is 0.357. The molecule has 0 aliphatic carbocycles. The Balaban J connectivity index is 2.52. The van der Waals surface area contributed by atoms with Crippen molar-refractivity contribution < 1.29 is 4.39 Å². The number of aryl methyl sites for hydroxylation is 1. The lowest BCUT2D eigenvalue weighted by Crippen LogP contribution is -2.25. The summed E-state index contributed by atoms with van der Waals surface area (Å²) in [7, 11) is 0. The number of benzene rings is 1. The largest absolute Gasteiger partial charge is 0.305 e. The first-order valence-corrected chi connectivity index (χ1v) is 8.06. The van der Waals surface area contributed by atoms with E-state index in [9.17, 15) is 4.39 Å². The van der Waals surface area contributed by atoms with Gasteiger partial charge in [0.1, 0.15) is 5.82 Å². The SMILES string of the molecule is CCNC(c1cc(F)cc(Br)c1)c1c(Br)cnn1CC. The smallest absolute Gasteiger partial charge is 0.124 e. The maximum absolute atomic E-state index is 13.7. The van der Waals surface area contributed by atoms with Crippen molar-refractivity contribution in [3.05, 3.63) is 50.4 Å². The van der Waals surface area contributed by atoms with E-state index in [-0.39, 0.29) is 11.9 Å². The minimum absolute atomic E-state index is 0.108. The first kappa shape index (κ1) is 15.7.